The fourth-order valence-corrected chi connectivity index (χ4v) is 3.41. The largest absolute Gasteiger partial charge is 0.494 e. The van der Waals surface area contributed by atoms with E-state index < -0.39 is 0 Å². The number of carbonyl (C=O) groups is 2. The first-order chi connectivity index (χ1) is 13.7. The van der Waals surface area contributed by atoms with Gasteiger partial charge in [0.05, 0.1) is 25.4 Å². The van der Waals surface area contributed by atoms with E-state index in [9.17, 15) is 9.59 Å². The molecule has 1 fully saturated rings. The van der Waals surface area contributed by atoms with Crippen molar-refractivity contribution in [2.75, 3.05) is 53.2 Å². The lowest BCUT2D eigenvalue weighted by molar-refractivity contribution is -0.138. The second kappa shape index (κ2) is 9.71. The normalized spacial score (nSPS) is 17.6. The van der Waals surface area contributed by atoms with Crippen molar-refractivity contribution in [3.8, 4) is 5.75 Å². The number of amides is 2. The van der Waals surface area contributed by atoms with E-state index in [1.54, 1.807) is 7.11 Å². The molecule has 0 spiro atoms. The number of morpholine rings is 1. The molecule has 3 rings (SSSR count). The van der Waals surface area contributed by atoms with E-state index in [1.165, 1.54) is 4.90 Å². The summed E-state index contributed by atoms with van der Waals surface area (Å²) in [6, 6.07) is 7.40. The van der Waals surface area contributed by atoms with Gasteiger partial charge < -0.3 is 19.1 Å². The van der Waals surface area contributed by atoms with Crippen LogP contribution in [0.4, 0.5) is 0 Å². The summed E-state index contributed by atoms with van der Waals surface area (Å²) in [6.45, 7) is 5.84. The van der Waals surface area contributed by atoms with Gasteiger partial charge in [0, 0.05) is 33.4 Å². The molecule has 7 nitrogen and oxygen atoms in total. The van der Waals surface area contributed by atoms with Crippen molar-refractivity contribution in [1.29, 1.82) is 0 Å². The lowest BCUT2D eigenvalue weighted by atomic mass is 10.0. The average Bonchev–Trinajstić information content (AvgIpc) is 2.98. The van der Waals surface area contributed by atoms with Gasteiger partial charge in [0.1, 0.15) is 11.4 Å². The third-order valence-electron chi connectivity index (χ3n) is 4.82. The molecule has 0 radical (unpaired) electrons. The van der Waals surface area contributed by atoms with Gasteiger partial charge in [-0.05, 0) is 30.5 Å². The maximum absolute atomic E-state index is 13.1. The molecular weight excluding hydrogens is 360 g/mol. The molecule has 28 heavy (non-hydrogen) atoms. The monoisotopic (exact) mass is 388 g/mol. The molecule has 0 aromatic heterocycles. The van der Waals surface area contributed by atoms with Crippen LogP contribution in [0, 0.1) is 0 Å². The number of methoxy groups -OCH3 is 1. The van der Waals surface area contributed by atoms with Gasteiger partial charge in [-0.1, -0.05) is 19.1 Å². The predicted molar refractivity (Wildman–Crippen MR) is 105 cm³/mol. The Balaban J connectivity index is 1.90. The molecular formula is C21H28N2O5. The highest BCUT2D eigenvalue weighted by Crippen LogP contribution is 2.33. The fraction of sp³-hybridized carbons (Fsp3) is 0.524. The zero-order valence-electron chi connectivity index (χ0n) is 16.6. The van der Waals surface area contributed by atoms with E-state index in [1.807, 2.05) is 29.2 Å². The highest BCUT2D eigenvalue weighted by molar-refractivity contribution is 6.35. The summed E-state index contributed by atoms with van der Waals surface area (Å²) in [4.78, 5) is 29.5. The van der Waals surface area contributed by atoms with Crippen LogP contribution in [-0.2, 0) is 19.1 Å². The maximum atomic E-state index is 13.1. The van der Waals surface area contributed by atoms with Gasteiger partial charge in [0.25, 0.3) is 11.8 Å². The van der Waals surface area contributed by atoms with Gasteiger partial charge >= 0.3 is 0 Å². The van der Waals surface area contributed by atoms with Crippen molar-refractivity contribution in [2.45, 2.75) is 19.8 Å². The smallest absolute Gasteiger partial charge is 0.277 e. The van der Waals surface area contributed by atoms with E-state index in [4.69, 9.17) is 14.2 Å². The van der Waals surface area contributed by atoms with E-state index in [-0.39, 0.29) is 11.8 Å². The number of rotatable bonds is 9. The lowest BCUT2D eigenvalue weighted by Crippen LogP contribution is -2.40. The SMILES string of the molecule is CCCOc1ccc(C2=C(N3CCOCC3)C(=O)N(CCCOC)C2=O)cc1. The summed E-state index contributed by atoms with van der Waals surface area (Å²) in [6.07, 6.45) is 1.54. The lowest BCUT2D eigenvalue weighted by Gasteiger charge is -2.29. The number of ether oxygens (including phenoxy) is 3. The van der Waals surface area contributed by atoms with Crippen molar-refractivity contribution in [1.82, 2.24) is 9.80 Å². The summed E-state index contributed by atoms with van der Waals surface area (Å²) < 4.78 is 16.1. The number of hydrogen-bond donors (Lipinski definition) is 0. The third-order valence-corrected chi connectivity index (χ3v) is 4.82. The van der Waals surface area contributed by atoms with Gasteiger partial charge in [0.2, 0.25) is 0 Å². The Hall–Kier alpha value is -2.38. The number of imide groups is 1. The molecule has 1 aromatic rings. The van der Waals surface area contributed by atoms with Gasteiger partial charge in [-0.15, -0.1) is 0 Å². The zero-order chi connectivity index (χ0) is 19.9. The Morgan fingerprint density at radius 3 is 2.39 bits per heavy atom. The van der Waals surface area contributed by atoms with Crippen LogP contribution in [-0.4, -0.2) is 74.8 Å². The summed E-state index contributed by atoms with van der Waals surface area (Å²) in [7, 11) is 1.61. The Kier molecular flexibility index (Phi) is 7.06. The highest BCUT2D eigenvalue weighted by atomic mass is 16.5. The quantitative estimate of drug-likeness (QED) is 0.476. The molecule has 0 aliphatic carbocycles. The van der Waals surface area contributed by atoms with Crippen molar-refractivity contribution in [3.63, 3.8) is 0 Å². The van der Waals surface area contributed by atoms with Gasteiger partial charge in [-0.3, -0.25) is 14.5 Å². The average molecular weight is 388 g/mol. The van der Waals surface area contributed by atoms with Crippen LogP contribution in [0.25, 0.3) is 5.57 Å². The summed E-state index contributed by atoms with van der Waals surface area (Å²) in [5.74, 6) is 0.280. The Morgan fingerprint density at radius 1 is 1.04 bits per heavy atom. The molecule has 152 valence electrons. The van der Waals surface area contributed by atoms with E-state index in [0.717, 1.165) is 17.7 Å². The number of nitrogens with zero attached hydrogens (tertiary/aromatic N) is 2. The van der Waals surface area contributed by atoms with Crippen LogP contribution in [0.2, 0.25) is 0 Å². The first-order valence-electron chi connectivity index (χ1n) is 9.82. The highest BCUT2D eigenvalue weighted by Gasteiger charge is 2.41. The van der Waals surface area contributed by atoms with Crippen LogP contribution in [0.5, 0.6) is 5.75 Å². The van der Waals surface area contributed by atoms with E-state index >= 15 is 0 Å². The molecule has 0 saturated carbocycles. The zero-order valence-corrected chi connectivity index (χ0v) is 16.6. The minimum absolute atomic E-state index is 0.232. The molecule has 7 heteroatoms. The van der Waals surface area contributed by atoms with Crippen molar-refractivity contribution in [3.05, 3.63) is 35.5 Å². The summed E-state index contributed by atoms with van der Waals surface area (Å²) in [5.41, 5.74) is 1.68. The van der Waals surface area contributed by atoms with E-state index in [2.05, 4.69) is 6.92 Å². The minimum atomic E-state index is -0.246. The van der Waals surface area contributed by atoms with Crippen LogP contribution in [0.1, 0.15) is 25.3 Å². The Morgan fingerprint density at radius 2 is 1.75 bits per heavy atom. The molecule has 0 unspecified atom stereocenters. The summed E-state index contributed by atoms with van der Waals surface area (Å²) in [5, 5.41) is 0. The van der Waals surface area contributed by atoms with Gasteiger partial charge in [-0.25, -0.2) is 0 Å². The number of carbonyl (C=O) groups excluding carboxylic acids is 2. The number of hydrogen-bond acceptors (Lipinski definition) is 6. The first kappa shape index (κ1) is 20.4. The molecule has 2 amide bonds. The third kappa shape index (κ3) is 4.36. The van der Waals surface area contributed by atoms with Crippen LogP contribution >= 0.6 is 0 Å². The Bertz CT molecular complexity index is 723. The van der Waals surface area contributed by atoms with Crippen LogP contribution in [0.3, 0.4) is 0 Å². The van der Waals surface area contributed by atoms with E-state index in [0.29, 0.717) is 63.8 Å². The summed E-state index contributed by atoms with van der Waals surface area (Å²) >= 11 is 0. The second-order valence-electron chi connectivity index (χ2n) is 6.80. The van der Waals surface area contributed by atoms with Crippen molar-refractivity contribution < 1.29 is 23.8 Å². The van der Waals surface area contributed by atoms with Crippen LogP contribution < -0.4 is 4.74 Å². The molecule has 0 atom stereocenters. The molecule has 1 saturated heterocycles. The van der Waals surface area contributed by atoms with Crippen LogP contribution in [0.15, 0.2) is 30.0 Å². The second-order valence-corrected chi connectivity index (χ2v) is 6.80. The molecule has 2 aliphatic heterocycles. The van der Waals surface area contributed by atoms with Crippen molar-refractivity contribution >= 4 is 17.4 Å². The minimum Gasteiger partial charge on any atom is -0.494 e. The van der Waals surface area contributed by atoms with Gasteiger partial charge in [-0.2, -0.15) is 0 Å². The van der Waals surface area contributed by atoms with Crippen molar-refractivity contribution in [2.24, 2.45) is 0 Å². The Labute approximate surface area is 165 Å². The molecule has 1 aromatic carbocycles. The molecule has 2 heterocycles. The number of benzene rings is 1. The standard InChI is InChI=1S/C21H28N2O5/c1-3-12-28-17-7-5-16(6-8-17)18-19(22-10-14-27-15-11-22)21(25)23(20(18)24)9-4-13-26-2/h5-8H,3-4,9-15H2,1-2H3. The fourth-order valence-electron chi connectivity index (χ4n) is 3.41. The van der Waals surface area contributed by atoms with Gasteiger partial charge in [0.15, 0.2) is 0 Å². The molecule has 0 N–H and O–H groups in total. The molecule has 0 bridgehead atoms. The molecule has 2 aliphatic rings. The topological polar surface area (TPSA) is 68.3 Å². The maximum Gasteiger partial charge on any atom is 0.277 e. The first-order valence-corrected chi connectivity index (χ1v) is 9.82. The predicted octanol–water partition coefficient (Wildman–Crippen LogP) is 1.92.